The van der Waals surface area contributed by atoms with Crippen molar-refractivity contribution >= 4 is 27.5 Å². The number of rotatable bonds is 4. The maximum absolute atomic E-state index is 12.5. The highest BCUT2D eigenvalue weighted by Gasteiger charge is 2.14. The van der Waals surface area contributed by atoms with E-state index in [1.54, 1.807) is 12.4 Å². The Morgan fingerprint density at radius 2 is 1.70 bits per heavy atom. The van der Waals surface area contributed by atoms with Gasteiger partial charge in [0.2, 0.25) is 0 Å². The number of aromatic nitrogens is 3. The zero-order valence-corrected chi connectivity index (χ0v) is 15.2. The summed E-state index contributed by atoms with van der Waals surface area (Å²) in [4.78, 5) is 36.6. The summed E-state index contributed by atoms with van der Waals surface area (Å²) >= 11 is 0. The van der Waals surface area contributed by atoms with Gasteiger partial charge in [-0.15, -0.1) is 0 Å². The number of Topliss-reactive ketones (excluding diaryl/α,β-unsaturated/α-hetero) is 1. The fourth-order valence-electron chi connectivity index (χ4n) is 3.52. The number of carbonyl (C=O) groups is 1. The van der Waals surface area contributed by atoms with Crippen LogP contribution in [-0.4, -0.2) is 19.5 Å². The Kier molecular flexibility index (Phi) is 4.03. The van der Waals surface area contributed by atoms with Crippen molar-refractivity contribution < 1.29 is 4.79 Å². The summed E-state index contributed by atoms with van der Waals surface area (Å²) < 4.78 is 4.30. The second-order valence-electron chi connectivity index (χ2n) is 6.80. The van der Waals surface area contributed by atoms with E-state index >= 15 is 0 Å². The molecule has 0 saturated carbocycles. The molecule has 4 aromatic rings. The van der Waals surface area contributed by atoms with Crippen molar-refractivity contribution in [3.63, 3.8) is 0 Å². The molecule has 0 fully saturated rings. The molecule has 0 atom stereocenters. The first-order valence-corrected chi connectivity index (χ1v) is 8.71. The SMILES string of the molecule is CC(=O)Cn1c(=O)n(C)c(=O)c2cn(Cc3cccc4ccccc34)cc21. The average molecular weight is 361 g/mol. The van der Waals surface area contributed by atoms with E-state index in [1.165, 1.54) is 18.5 Å². The summed E-state index contributed by atoms with van der Waals surface area (Å²) in [6.07, 6.45) is 3.51. The van der Waals surface area contributed by atoms with E-state index in [2.05, 4.69) is 18.2 Å². The quantitative estimate of drug-likeness (QED) is 0.560. The molecule has 0 bridgehead atoms. The maximum atomic E-state index is 12.5. The zero-order valence-electron chi connectivity index (χ0n) is 15.2. The van der Waals surface area contributed by atoms with Crippen molar-refractivity contribution in [2.75, 3.05) is 0 Å². The van der Waals surface area contributed by atoms with Gasteiger partial charge in [0.1, 0.15) is 5.78 Å². The van der Waals surface area contributed by atoms with Gasteiger partial charge >= 0.3 is 5.69 Å². The van der Waals surface area contributed by atoms with Crippen LogP contribution in [0, 0.1) is 0 Å². The van der Waals surface area contributed by atoms with Gasteiger partial charge in [0.15, 0.2) is 0 Å². The fraction of sp³-hybridized carbons (Fsp3) is 0.190. The van der Waals surface area contributed by atoms with Gasteiger partial charge in [0, 0.05) is 26.0 Å². The van der Waals surface area contributed by atoms with Crippen LogP contribution in [0.25, 0.3) is 21.7 Å². The molecular weight excluding hydrogens is 342 g/mol. The van der Waals surface area contributed by atoms with Gasteiger partial charge in [0.05, 0.1) is 17.4 Å². The number of ketones is 1. The molecule has 27 heavy (non-hydrogen) atoms. The van der Waals surface area contributed by atoms with Crippen LogP contribution in [0.15, 0.2) is 64.4 Å². The molecule has 0 aliphatic carbocycles. The van der Waals surface area contributed by atoms with Crippen molar-refractivity contribution in [1.29, 1.82) is 0 Å². The first-order chi connectivity index (χ1) is 13.0. The number of hydrogen-bond donors (Lipinski definition) is 0. The fourth-order valence-corrected chi connectivity index (χ4v) is 3.52. The minimum Gasteiger partial charge on any atom is -0.347 e. The molecule has 6 heteroatoms. The topological polar surface area (TPSA) is 66.0 Å². The number of carbonyl (C=O) groups excluding carboxylic acids is 1. The van der Waals surface area contributed by atoms with Gasteiger partial charge in [-0.25, -0.2) is 4.79 Å². The Morgan fingerprint density at radius 1 is 0.963 bits per heavy atom. The molecule has 0 spiro atoms. The van der Waals surface area contributed by atoms with E-state index in [-0.39, 0.29) is 17.9 Å². The number of hydrogen-bond acceptors (Lipinski definition) is 3. The molecule has 0 aliphatic rings. The summed E-state index contributed by atoms with van der Waals surface area (Å²) in [6.45, 7) is 1.94. The van der Waals surface area contributed by atoms with Crippen LogP contribution in [0.5, 0.6) is 0 Å². The van der Waals surface area contributed by atoms with E-state index in [0.717, 1.165) is 20.9 Å². The summed E-state index contributed by atoms with van der Waals surface area (Å²) in [5.41, 5.74) is 0.765. The third kappa shape index (κ3) is 2.89. The standard InChI is InChI=1S/C21H19N3O3/c1-14(25)10-24-19-13-23(12-18(19)20(26)22(2)21(24)27)11-16-8-5-7-15-6-3-4-9-17(15)16/h3-9,12-13H,10-11H2,1-2H3. The Morgan fingerprint density at radius 3 is 2.48 bits per heavy atom. The summed E-state index contributed by atoms with van der Waals surface area (Å²) in [5, 5.41) is 2.72. The van der Waals surface area contributed by atoms with Gasteiger partial charge in [-0.1, -0.05) is 42.5 Å². The predicted octanol–water partition coefficient (Wildman–Crippen LogP) is 2.29. The third-order valence-corrected chi connectivity index (χ3v) is 4.82. The molecule has 0 aliphatic heterocycles. The van der Waals surface area contributed by atoms with Gasteiger partial charge in [-0.3, -0.25) is 18.7 Å². The lowest BCUT2D eigenvalue weighted by Gasteiger charge is -2.08. The molecule has 0 unspecified atom stereocenters. The van der Waals surface area contributed by atoms with Crippen LogP contribution >= 0.6 is 0 Å². The smallest absolute Gasteiger partial charge is 0.331 e. The summed E-state index contributed by atoms with van der Waals surface area (Å²) in [7, 11) is 1.43. The minimum absolute atomic E-state index is 0.0538. The van der Waals surface area contributed by atoms with E-state index < -0.39 is 5.69 Å². The lowest BCUT2D eigenvalue weighted by atomic mass is 10.0. The molecule has 0 saturated heterocycles. The molecule has 0 radical (unpaired) electrons. The van der Waals surface area contributed by atoms with E-state index in [4.69, 9.17) is 0 Å². The zero-order chi connectivity index (χ0) is 19.1. The second kappa shape index (κ2) is 6.39. The van der Waals surface area contributed by atoms with E-state index in [1.807, 2.05) is 28.8 Å². The third-order valence-electron chi connectivity index (χ3n) is 4.82. The van der Waals surface area contributed by atoms with Gasteiger partial charge < -0.3 is 4.57 Å². The monoisotopic (exact) mass is 361 g/mol. The van der Waals surface area contributed by atoms with Crippen LogP contribution in [0.2, 0.25) is 0 Å². The van der Waals surface area contributed by atoms with Gasteiger partial charge in [-0.2, -0.15) is 0 Å². The highest BCUT2D eigenvalue weighted by atomic mass is 16.2. The summed E-state index contributed by atoms with van der Waals surface area (Å²) in [5.74, 6) is -0.140. The molecular formula is C21H19N3O3. The Bertz CT molecular complexity index is 1300. The molecule has 6 nitrogen and oxygen atoms in total. The van der Waals surface area contributed by atoms with Crippen molar-refractivity contribution in [2.45, 2.75) is 20.0 Å². The predicted molar refractivity (Wildman–Crippen MR) is 105 cm³/mol. The molecule has 136 valence electrons. The Hall–Kier alpha value is -3.41. The van der Waals surface area contributed by atoms with Crippen molar-refractivity contribution in [1.82, 2.24) is 13.7 Å². The van der Waals surface area contributed by atoms with Crippen molar-refractivity contribution in [3.8, 4) is 0 Å². The van der Waals surface area contributed by atoms with Crippen LogP contribution in [-0.2, 0) is 24.9 Å². The molecule has 2 aromatic carbocycles. The molecule has 2 heterocycles. The van der Waals surface area contributed by atoms with Crippen molar-refractivity contribution in [3.05, 3.63) is 81.3 Å². The number of nitrogens with zero attached hydrogens (tertiary/aromatic N) is 3. The van der Waals surface area contributed by atoms with Crippen molar-refractivity contribution in [2.24, 2.45) is 7.05 Å². The highest BCUT2D eigenvalue weighted by molar-refractivity contribution is 5.86. The number of fused-ring (bicyclic) bond motifs is 2. The lowest BCUT2D eigenvalue weighted by Crippen LogP contribution is -2.38. The molecule has 2 aromatic heterocycles. The van der Waals surface area contributed by atoms with Gasteiger partial charge in [0.25, 0.3) is 5.56 Å². The van der Waals surface area contributed by atoms with Crippen LogP contribution in [0.3, 0.4) is 0 Å². The van der Waals surface area contributed by atoms with Crippen LogP contribution in [0.4, 0.5) is 0 Å². The molecule has 0 N–H and O–H groups in total. The first-order valence-electron chi connectivity index (χ1n) is 8.71. The minimum atomic E-state index is -0.481. The van der Waals surface area contributed by atoms with Crippen LogP contribution in [0.1, 0.15) is 12.5 Å². The highest BCUT2D eigenvalue weighted by Crippen LogP contribution is 2.20. The second-order valence-corrected chi connectivity index (χ2v) is 6.80. The Balaban J connectivity index is 1.89. The number of benzene rings is 2. The first kappa shape index (κ1) is 17.0. The van der Waals surface area contributed by atoms with Gasteiger partial charge in [-0.05, 0) is 23.3 Å². The normalized spacial score (nSPS) is 11.3. The largest absolute Gasteiger partial charge is 0.347 e. The Labute approximate surface area is 154 Å². The van der Waals surface area contributed by atoms with E-state index in [0.29, 0.717) is 17.4 Å². The van der Waals surface area contributed by atoms with Crippen LogP contribution < -0.4 is 11.2 Å². The molecule has 4 rings (SSSR count). The summed E-state index contributed by atoms with van der Waals surface area (Å²) in [6, 6.07) is 14.2. The lowest BCUT2D eigenvalue weighted by molar-refractivity contribution is -0.117. The average Bonchev–Trinajstić information content (AvgIpc) is 3.07. The molecule has 0 amide bonds. The van der Waals surface area contributed by atoms with E-state index in [9.17, 15) is 14.4 Å². The maximum Gasteiger partial charge on any atom is 0.331 e.